The highest BCUT2D eigenvalue weighted by molar-refractivity contribution is 5.94. The summed E-state index contributed by atoms with van der Waals surface area (Å²) >= 11 is 0. The van der Waals surface area contributed by atoms with Crippen molar-refractivity contribution in [2.75, 3.05) is 6.54 Å². The molecule has 0 aromatic rings. The molecule has 4 amide bonds. The van der Waals surface area contributed by atoms with Gasteiger partial charge in [0.1, 0.15) is 18.1 Å². The number of hydrogen-bond acceptors (Lipinski definition) is 8. The minimum atomic E-state index is -1.71. The minimum absolute atomic E-state index is 0.0453. The van der Waals surface area contributed by atoms with Gasteiger partial charge in [0, 0.05) is 13.0 Å². The third kappa shape index (κ3) is 14.9. The Morgan fingerprint density at radius 3 is 1.84 bits per heavy atom. The van der Waals surface area contributed by atoms with E-state index in [1.54, 1.807) is 13.8 Å². The summed E-state index contributed by atoms with van der Waals surface area (Å²) in [5, 5.41) is 25.2. The number of guanidine groups is 1. The van der Waals surface area contributed by atoms with Crippen LogP contribution in [0.25, 0.3) is 0 Å². The second-order valence-electron chi connectivity index (χ2n) is 8.81. The molecule has 0 aromatic carbocycles. The number of primary amides is 1. The van der Waals surface area contributed by atoms with Crippen molar-refractivity contribution in [1.82, 2.24) is 16.0 Å². The quantitative estimate of drug-likeness (QED) is 0.0480. The molecule has 0 aliphatic carbocycles. The molecule has 13 N–H and O–H groups in total. The number of amides is 4. The van der Waals surface area contributed by atoms with Crippen LogP contribution in [0.5, 0.6) is 0 Å². The SMILES string of the molecule is CC(C)CC(NC(=O)C(CCCN=C(N)N)NC(=O)C(N)CCC(N)=O)C(=O)NC(CC(=O)O)C(=O)O. The molecule has 4 unspecified atom stereocenters. The van der Waals surface area contributed by atoms with E-state index in [0.717, 1.165) is 0 Å². The first-order chi connectivity index (χ1) is 17.1. The molecule has 4 atom stereocenters. The zero-order valence-electron chi connectivity index (χ0n) is 20.9. The summed E-state index contributed by atoms with van der Waals surface area (Å²) in [6, 6.07) is -5.26. The third-order valence-corrected chi connectivity index (χ3v) is 4.95. The predicted molar refractivity (Wildman–Crippen MR) is 131 cm³/mol. The van der Waals surface area contributed by atoms with E-state index in [1.807, 2.05) is 0 Å². The number of nitrogens with zero attached hydrogens (tertiary/aromatic N) is 1. The summed E-state index contributed by atoms with van der Waals surface area (Å²) in [4.78, 5) is 75.4. The van der Waals surface area contributed by atoms with Gasteiger partial charge in [-0.3, -0.25) is 29.0 Å². The molecule has 0 saturated carbocycles. The number of carboxylic acids is 2. The van der Waals surface area contributed by atoms with Crippen LogP contribution in [0, 0.1) is 5.92 Å². The van der Waals surface area contributed by atoms with Crippen molar-refractivity contribution < 1.29 is 39.0 Å². The van der Waals surface area contributed by atoms with Gasteiger partial charge in [0.05, 0.1) is 12.5 Å². The van der Waals surface area contributed by atoms with Crippen molar-refractivity contribution in [3.05, 3.63) is 0 Å². The second-order valence-corrected chi connectivity index (χ2v) is 8.81. The molecule has 0 rings (SSSR count). The molecule has 16 heteroatoms. The lowest BCUT2D eigenvalue weighted by Crippen LogP contribution is -2.57. The van der Waals surface area contributed by atoms with Crippen LogP contribution < -0.4 is 38.9 Å². The number of nitrogens with one attached hydrogen (secondary N) is 3. The number of carbonyl (C=O) groups is 6. The summed E-state index contributed by atoms with van der Waals surface area (Å²) in [5.74, 6) is -6.35. The average Bonchev–Trinajstić information content (AvgIpc) is 2.77. The smallest absolute Gasteiger partial charge is 0.326 e. The predicted octanol–water partition coefficient (Wildman–Crippen LogP) is -3.31. The number of aliphatic carboxylic acids is 2. The molecule has 0 aliphatic heterocycles. The minimum Gasteiger partial charge on any atom is -0.481 e. The molecule has 0 aromatic heterocycles. The summed E-state index contributed by atoms with van der Waals surface area (Å²) < 4.78 is 0. The zero-order valence-corrected chi connectivity index (χ0v) is 20.9. The Bertz CT molecular complexity index is 859. The molecule has 0 saturated heterocycles. The number of hydrogen-bond donors (Lipinski definition) is 9. The maximum atomic E-state index is 13.1. The van der Waals surface area contributed by atoms with Crippen LogP contribution in [-0.2, 0) is 28.8 Å². The van der Waals surface area contributed by atoms with Crippen molar-refractivity contribution in [2.45, 2.75) is 76.5 Å². The van der Waals surface area contributed by atoms with Gasteiger partial charge in [-0.2, -0.15) is 0 Å². The molecular weight excluding hydrogens is 492 g/mol. The van der Waals surface area contributed by atoms with Gasteiger partial charge in [-0.05, 0) is 31.6 Å². The van der Waals surface area contributed by atoms with E-state index in [0.29, 0.717) is 0 Å². The monoisotopic (exact) mass is 530 g/mol. The van der Waals surface area contributed by atoms with Crippen molar-refractivity contribution >= 4 is 41.5 Å². The second kappa shape index (κ2) is 16.7. The number of aliphatic imine (C=N–C) groups is 1. The standard InChI is InChI=1S/C21H38N8O8/c1-10(2)8-13(19(35)29-14(20(36)37)9-16(31)32)28-18(34)12(4-3-7-26-21(24)25)27-17(33)11(22)5-6-15(23)30/h10-14H,3-9,22H2,1-2H3,(H2,23,30)(H,27,33)(H,28,34)(H,29,35)(H,31,32)(H,36,37)(H4,24,25,26). The van der Waals surface area contributed by atoms with E-state index in [1.165, 1.54) is 0 Å². The Labute approximate surface area is 214 Å². The third-order valence-electron chi connectivity index (χ3n) is 4.95. The van der Waals surface area contributed by atoms with Crippen LogP contribution in [0.2, 0.25) is 0 Å². The Morgan fingerprint density at radius 1 is 0.811 bits per heavy atom. The van der Waals surface area contributed by atoms with E-state index in [2.05, 4.69) is 20.9 Å². The summed E-state index contributed by atoms with van der Waals surface area (Å²) in [5.41, 5.74) is 21.4. The number of rotatable bonds is 18. The summed E-state index contributed by atoms with van der Waals surface area (Å²) in [6.45, 7) is 3.65. The molecule has 0 spiro atoms. The molecule has 210 valence electrons. The van der Waals surface area contributed by atoms with Crippen molar-refractivity contribution in [3.63, 3.8) is 0 Å². The van der Waals surface area contributed by atoms with Crippen LogP contribution in [0.1, 0.15) is 52.4 Å². The Hall–Kier alpha value is -3.95. The normalized spacial score (nSPS) is 13.9. The molecule has 0 radical (unpaired) electrons. The highest BCUT2D eigenvalue weighted by atomic mass is 16.4. The lowest BCUT2D eigenvalue weighted by molar-refractivity contribution is -0.147. The van der Waals surface area contributed by atoms with Crippen LogP contribution in [0.15, 0.2) is 4.99 Å². The zero-order chi connectivity index (χ0) is 28.7. The van der Waals surface area contributed by atoms with Crippen molar-refractivity contribution in [2.24, 2.45) is 33.8 Å². The lowest BCUT2D eigenvalue weighted by atomic mass is 10.0. The Kier molecular flexibility index (Phi) is 14.9. The van der Waals surface area contributed by atoms with Crippen molar-refractivity contribution in [1.29, 1.82) is 0 Å². The average molecular weight is 531 g/mol. The highest BCUT2D eigenvalue weighted by Gasteiger charge is 2.31. The van der Waals surface area contributed by atoms with Gasteiger partial charge in [0.25, 0.3) is 0 Å². The summed E-state index contributed by atoms with van der Waals surface area (Å²) in [7, 11) is 0. The van der Waals surface area contributed by atoms with E-state index in [9.17, 15) is 33.9 Å². The summed E-state index contributed by atoms with van der Waals surface area (Å²) in [6.07, 6.45) is -0.674. The van der Waals surface area contributed by atoms with Gasteiger partial charge in [0.15, 0.2) is 5.96 Å². The Balaban J connectivity index is 5.63. The first kappa shape index (κ1) is 33.0. The molecule has 0 aliphatic rings. The van der Waals surface area contributed by atoms with Crippen LogP contribution >= 0.6 is 0 Å². The largest absolute Gasteiger partial charge is 0.481 e. The highest BCUT2D eigenvalue weighted by Crippen LogP contribution is 2.08. The lowest BCUT2D eigenvalue weighted by Gasteiger charge is -2.26. The Morgan fingerprint density at radius 2 is 1.35 bits per heavy atom. The van der Waals surface area contributed by atoms with Gasteiger partial charge >= 0.3 is 11.9 Å². The van der Waals surface area contributed by atoms with E-state index < -0.39 is 66.2 Å². The van der Waals surface area contributed by atoms with Gasteiger partial charge in [-0.1, -0.05) is 13.8 Å². The fourth-order valence-electron chi connectivity index (χ4n) is 3.10. The van der Waals surface area contributed by atoms with Crippen LogP contribution in [0.4, 0.5) is 0 Å². The molecule has 0 bridgehead atoms. The fourth-order valence-corrected chi connectivity index (χ4v) is 3.10. The maximum absolute atomic E-state index is 13.1. The molecule has 0 fully saturated rings. The molecular formula is C21H38N8O8. The first-order valence-electron chi connectivity index (χ1n) is 11.6. The van der Waals surface area contributed by atoms with Gasteiger partial charge in [-0.25, -0.2) is 4.79 Å². The first-order valence-corrected chi connectivity index (χ1v) is 11.6. The number of carbonyl (C=O) groups excluding carboxylic acids is 4. The maximum Gasteiger partial charge on any atom is 0.326 e. The van der Waals surface area contributed by atoms with Gasteiger partial charge < -0.3 is 49.1 Å². The van der Waals surface area contributed by atoms with E-state index in [4.69, 9.17) is 28.0 Å². The molecule has 37 heavy (non-hydrogen) atoms. The van der Waals surface area contributed by atoms with Crippen LogP contribution in [-0.4, -0.2) is 82.5 Å². The van der Waals surface area contributed by atoms with Gasteiger partial charge in [-0.15, -0.1) is 0 Å². The fraction of sp³-hybridized carbons (Fsp3) is 0.667. The number of nitrogens with two attached hydrogens (primary N) is 4. The van der Waals surface area contributed by atoms with Crippen LogP contribution in [0.3, 0.4) is 0 Å². The van der Waals surface area contributed by atoms with Crippen molar-refractivity contribution in [3.8, 4) is 0 Å². The topological polar surface area (TPSA) is 295 Å². The number of carboxylic acid groups (broad SMARTS) is 2. The van der Waals surface area contributed by atoms with E-state index in [-0.39, 0.29) is 50.5 Å². The van der Waals surface area contributed by atoms with E-state index >= 15 is 0 Å². The molecule has 16 nitrogen and oxygen atoms in total. The molecule has 0 heterocycles. The van der Waals surface area contributed by atoms with Gasteiger partial charge in [0.2, 0.25) is 23.6 Å².